The topological polar surface area (TPSA) is 78.4 Å². The zero-order valence-corrected chi connectivity index (χ0v) is 9.52. The van der Waals surface area contributed by atoms with Crippen molar-refractivity contribution in [1.29, 1.82) is 0 Å². The Balaban J connectivity index is 2.29. The summed E-state index contributed by atoms with van der Waals surface area (Å²) >= 11 is 0. The Hall–Kier alpha value is -2.37. The van der Waals surface area contributed by atoms with Gasteiger partial charge in [-0.05, 0) is 23.8 Å². The number of aliphatic carboxylic acids is 1. The molecule has 18 heavy (non-hydrogen) atoms. The van der Waals surface area contributed by atoms with Gasteiger partial charge in [0.25, 0.3) is 0 Å². The fourth-order valence-corrected chi connectivity index (χ4v) is 1.12. The summed E-state index contributed by atoms with van der Waals surface area (Å²) in [5.74, 6) is -1.30. The molecule has 0 fully saturated rings. The van der Waals surface area contributed by atoms with Gasteiger partial charge in [-0.1, -0.05) is 12.1 Å². The molecule has 5 nitrogen and oxygen atoms in total. The molecule has 0 saturated carbocycles. The van der Waals surface area contributed by atoms with E-state index >= 15 is 0 Å². The van der Waals surface area contributed by atoms with E-state index in [0.29, 0.717) is 0 Å². The van der Waals surface area contributed by atoms with Gasteiger partial charge in [-0.3, -0.25) is 4.79 Å². The van der Waals surface area contributed by atoms with Gasteiger partial charge >= 0.3 is 12.0 Å². The Morgan fingerprint density at radius 1 is 1.28 bits per heavy atom. The second-order valence-electron chi connectivity index (χ2n) is 3.43. The number of hydrogen-bond donors (Lipinski definition) is 3. The van der Waals surface area contributed by atoms with Gasteiger partial charge in [0.05, 0.1) is 6.42 Å². The number of carbonyl (C=O) groups excluding carboxylic acids is 1. The molecule has 0 aromatic heterocycles. The lowest BCUT2D eigenvalue weighted by Crippen LogP contribution is -2.33. The minimum atomic E-state index is -0.975. The molecular weight excluding hydrogens is 239 g/mol. The quantitative estimate of drug-likeness (QED) is 0.744. The Kier molecular flexibility index (Phi) is 5.37. The van der Waals surface area contributed by atoms with Crippen LogP contribution in [0.25, 0.3) is 6.08 Å². The number of urea groups is 1. The van der Waals surface area contributed by atoms with Gasteiger partial charge < -0.3 is 15.7 Å². The highest BCUT2D eigenvalue weighted by Gasteiger charge is 1.99. The lowest BCUT2D eigenvalue weighted by atomic mass is 10.2. The standard InChI is InChI=1S/C12H13FN2O3/c13-10-3-1-9(2-4-10)5-7-14-12(18)15-8-6-11(16)17/h1-5,7H,6,8H2,(H,16,17)(H2,14,15,18)/b7-5+. The lowest BCUT2D eigenvalue weighted by Gasteiger charge is -2.01. The maximum absolute atomic E-state index is 12.6. The first-order chi connectivity index (χ1) is 8.58. The fourth-order valence-electron chi connectivity index (χ4n) is 1.12. The van der Waals surface area contributed by atoms with Gasteiger partial charge in [0.15, 0.2) is 0 Å². The van der Waals surface area contributed by atoms with Crippen molar-refractivity contribution in [2.75, 3.05) is 6.54 Å². The zero-order valence-electron chi connectivity index (χ0n) is 9.52. The van der Waals surface area contributed by atoms with Crippen LogP contribution < -0.4 is 10.6 Å². The average molecular weight is 252 g/mol. The van der Waals surface area contributed by atoms with Crippen molar-refractivity contribution in [3.63, 3.8) is 0 Å². The Morgan fingerprint density at radius 3 is 2.56 bits per heavy atom. The minimum absolute atomic E-state index is 0.0611. The maximum Gasteiger partial charge on any atom is 0.318 e. The number of carboxylic acid groups (broad SMARTS) is 1. The molecule has 0 aliphatic carbocycles. The molecule has 0 atom stereocenters. The summed E-state index contributed by atoms with van der Waals surface area (Å²) in [6.07, 6.45) is 2.86. The molecule has 1 aromatic rings. The number of benzene rings is 1. The molecular formula is C12H13FN2O3. The van der Waals surface area contributed by atoms with Crippen LogP contribution in [0.5, 0.6) is 0 Å². The van der Waals surface area contributed by atoms with E-state index in [4.69, 9.17) is 5.11 Å². The van der Waals surface area contributed by atoms with Crippen molar-refractivity contribution in [2.45, 2.75) is 6.42 Å². The predicted octanol–water partition coefficient (Wildman–Crippen LogP) is 1.57. The lowest BCUT2D eigenvalue weighted by molar-refractivity contribution is -0.136. The van der Waals surface area contributed by atoms with Gasteiger partial charge in [-0.2, -0.15) is 0 Å². The van der Waals surface area contributed by atoms with Crippen LogP contribution in [0.4, 0.5) is 9.18 Å². The first-order valence-electron chi connectivity index (χ1n) is 5.26. The van der Waals surface area contributed by atoms with E-state index in [9.17, 15) is 14.0 Å². The number of nitrogens with one attached hydrogen (secondary N) is 2. The number of carbonyl (C=O) groups is 2. The number of carboxylic acids is 1. The molecule has 0 radical (unpaired) electrons. The van der Waals surface area contributed by atoms with E-state index < -0.39 is 12.0 Å². The van der Waals surface area contributed by atoms with Crippen molar-refractivity contribution >= 4 is 18.1 Å². The summed E-state index contributed by atoms with van der Waals surface area (Å²) in [6.45, 7) is 0.0611. The van der Waals surface area contributed by atoms with Crippen LogP contribution in [0.3, 0.4) is 0 Å². The molecule has 0 aliphatic rings. The smallest absolute Gasteiger partial charge is 0.318 e. The summed E-state index contributed by atoms with van der Waals surface area (Å²) in [6, 6.07) is 5.26. The first kappa shape index (κ1) is 13.7. The molecule has 1 aromatic carbocycles. The molecule has 0 saturated heterocycles. The van der Waals surface area contributed by atoms with Crippen molar-refractivity contribution in [1.82, 2.24) is 10.6 Å². The molecule has 96 valence electrons. The van der Waals surface area contributed by atoms with Crippen LogP contribution in [0.1, 0.15) is 12.0 Å². The Bertz CT molecular complexity index is 443. The zero-order chi connectivity index (χ0) is 13.4. The summed E-state index contributed by atoms with van der Waals surface area (Å²) in [4.78, 5) is 21.3. The van der Waals surface area contributed by atoms with Gasteiger partial charge in [0.1, 0.15) is 5.82 Å². The average Bonchev–Trinajstić information content (AvgIpc) is 2.31. The van der Waals surface area contributed by atoms with E-state index in [0.717, 1.165) is 5.56 Å². The van der Waals surface area contributed by atoms with E-state index in [1.807, 2.05) is 0 Å². The molecule has 6 heteroatoms. The minimum Gasteiger partial charge on any atom is -0.481 e. The third-order valence-corrected chi connectivity index (χ3v) is 1.98. The van der Waals surface area contributed by atoms with E-state index in [1.165, 1.54) is 18.3 Å². The molecule has 0 bridgehead atoms. The number of halogens is 1. The van der Waals surface area contributed by atoms with Crippen molar-refractivity contribution in [3.8, 4) is 0 Å². The second-order valence-corrected chi connectivity index (χ2v) is 3.43. The fraction of sp³-hybridized carbons (Fsp3) is 0.167. The molecule has 3 N–H and O–H groups in total. The van der Waals surface area contributed by atoms with E-state index in [-0.39, 0.29) is 18.8 Å². The molecule has 0 heterocycles. The highest BCUT2D eigenvalue weighted by molar-refractivity contribution is 5.76. The molecule has 0 unspecified atom stereocenters. The van der Waals surface area contributed by atoms with Gasteiger partial charge in [-0.25, -0.2) is 9.18 Å². The van der Waals surface area contributed by atoms with Crippen molar-refractivity contribution < 1.29 is 19.1 Å². The summed E-state index contributed by atoms with van der Waals surface area (Å²) in [7, 11) is 0. The molecule has 2 amide bonds. The van der Waals surface area contributed by atoms with Crippen molar-refractivity contribution in [2.24, 2.45) is 0 Å². The highest BCUT2D eigenvalue weighted by Crippen LogP contribution is 2.03. The molecule has 0 spiro atoms. The van der Waals surface area contributed by atoms with Gasteiger partial charge in [-0.15, -0.1) is 0 Å². The normalized spacial score (nSPS) is 10.3. The first-order valence-corrected chi connectivity index (χ1v) is 5.26. The van der Waals surface area contributed by atoms with Gasteiger partial charge in [0, 0.05) is 12.7 Å². The van der Waals surface area contributed by atoms with Crippen LogP contribution in [-0.4, -0.2) is 23.7 Å². The maximum atomic E-state index is 12.6. The van der Waals surface area contributed by atoms with Crippen LogP contribution in [0.2, 0.25) is 0 Å². The largest absolute Gasteiger partial charge is 0.481 e. The van der Waals surface area contributed by atoms with Gasteiger partial charge in [0.2, 0.25) is 0 Å². The molecule has 1 rings (SSSR count). The van der Waals surface area contributed by atoms with Crippen LogP contribution in [-0.2, 0) is 4.79 Å². The summed E-state index contributed by atoms with van der Waals surface area (Å²) in [5, 5.41) is 13.1. The monoisotopic (exact) mass is 252 g/mol. The number of amides is 2. The highest BCUT2D eigenvalue weighted by atomic mass is 19.1. The molecule has 0 aliphatic heterocycles. The second kappa shape index (κ2) is 7.05. The Morgan fingerprint density at radius 2 is 1.94 bits per heavy atom. The van der Waals surface area contributed by atoms with E-state index in [2.05, 4.69) is 10.6 Å². The number of hydrogen-bond acceptors (Lipinski definition) is 2. The van der Waals surface area contributed by atoms with Crippen molar-refractivity contribution in [3.05, 3.63) is 41.8 Å². The predicted molar refractivity (Wildman–Crippen MR) is 64.2 cm³/mol. The Labute approximate surface area is 103 Å². The summed E-state index contributed by atoms with van der Waals surface area (Å²) in [5.41, 5.74) is 0.738. The summed E-state index contributed by atoms with van der Waals surface area (Å²) < 4.78 is 12.6. The van der Waals surface area contributed by atoms with Crippen LogP contribution in [0.15, 0.2) is 30.5 Å². The SMILES string of the molecule is O=C(O)CCNC(=O)N/C=C/c1ccc(F)cc1. The van der Waals surface area contributed by atoms with Crippen LogP contribution in [0, 0.1) is 5.82 Å². The number of rotatable bonds is 5. The van der Waals surface area contributed by atoms with E-state index in [1.54, 1.807) is 18.2 Å². The third-order valence-electron chi connectivity index (χ3n) is 1.98. The van der Waals surface area contributed by atoms with Crippen LogP contribution >= 0.6 is 0 Å². The third kappa shape index (κ3) is 5.64.